The van der Waals surface area contributed by atoms with Crippen molar-refractivity contribution in [2.24, 2.45) is 5.73 Å². The molecule has 1 atom stereocenters. The van der Waals surface area contributed by atoms with Gasteiger partial charge < -0.3 is 5.73 Å². The lowest BCUT2D eigenvalue weighted by molar-refractivity contribution is -0.149. The van der Waals surface area contributed by atoms with Crippen molar-refractivity contribution in [2.45, 2.75) is 25.4 Å². The second kappa shape index (κ2) is 4.98. The summed E-state index contributed by atoms with van der Waals surface area (Å²) in [5.74, 6) is -0.419. The second-order valence-corrected chi connectivity index (χ2v) is 5.01. The van der Waals surface area contributed by atoms with E-state index < -0.39 is 6.04 Å². The molecule has 1 aliphatic rings. The van der Waals surface area contributed by atoms with Gasteiger partial charge in [-0.2, -0.15) is 0 Å². The van der Waals surface area contributed by atoms with E-state index >= 15 is 0 Å². The van der Waals surface area contributed by atoms with E-state index in [0.29, 0.717) is 19.4 Å². The highest BCUT2D eigenvalue weighted by atomic mass is 79.9. The molecule has 0 spiro atoms. The van der Waals surface area contributed by atoms with E-state index in [1.165, 1.54) is 4.90 Å². The molecule has 90 valence electrons. The Hall–Kier alpha value is -1.20. The average Bonchev–Trinajstić information content (AvgIpc) is 2.30. The van der Waals surface area contributed by atoms with Crippen LogP contribution < -0.4 is 5.73 Å². The first-order chi connectivity index (χ1) is 8.08. The van der Waals surface area contributed by atoms with E-state index in [0.717, 1.165) is 10.0 Å². The average molecular weight is 297 g/mol. The third kappa shape index (κ3) is 2.73. The van der Waals surface area contributed by atoms with Crippen LogP contribution in [0.1, 0.15) is 18.4 Å². The summed E-state index contributed by atoms with van der Waals surface area (Å²) in [7, 11) is 0. The zero-order valence-electron chi connectivity index (χ0n) is 9.23. The highest BCUT2D eigenvalue weighted by Gasteiger charge is 2.31. The fourth-order valence-corrected chi connectivity index (χ4v) is 2.29. The number of imide groups is 1. The van der Waals surface area contributed by atoms with E-state index in [4.69, 9.17) is 5.73 Å². The van der Waals surface area contributed by atoms with E-state index in [1.807, 2.05) is 24.3 Å². The summed E-state index contributed by atoms with van der Waals surface area (Å²) in [6.07, 6.45) is 0.799. The number of carbonyl (C=O) groups excluding carboxylic acids is 2. The number of halogens is 1. The van der Waals surface area contributed by atoms with Crippen molar-refractivity contribution in [1.82, 2.24) is 4.90 Å². The molecule has 1 aromatic rings. The topological polar surface area (TPSA) is 63.4 Å². The van der Waals surface area contributed by atoms with Crippen molar-refractivity contribution in [3.63, 3.8) is 0 Å². The molecule has 1 saturated heterocycles. The van der Waals surface area contributed by atoms with Gasteiger partial charge in [0.05, 0.1) is 12.6 Å². The maximum atomic E-state index is 11.8. The lowest BCUT2D eigenvalue weighted by Gasteiger charge is -2.28. The van der Waals surface area contributed by atoms with Gasteiger partial charge in [0.15, 0.2) is 0 Å². The number of nitrogens with two attached hydrogens (primary N) is 1. The number of amides is 2. The lowest BCUT2D eigenvalue weighted by Crippen LogP contribution is -2.50. The number of nitrogens with zero attached hydrogens (tertiary/aromatic N) is 1. The van der Waals surface area contributed by atoms with E-state index in [-0.39, 0.29) is 11.8 Å². The van der Waals surface area contributed by atoms with Gasteiger partial charge in [-0.1, -0.05) is 28.1 Å². The molecule has 5 heteroatoms. The summed E-state index contributed by atoms with van der Waals surface area (Å²) in [6.45, 7) is 0.296. The molecular weight excluding hydrogens is 284 g/mol. The minimum absolute atomic E-state index is 0.142. The van der Waals surface area contributed by atoms with E-state index in [2.05, 4.69) is 15.9 Å². The van der Waals surface area contributed by atoms with Gasteiger partial charge in [-0.05, 0) is 24.1 Å². The minimum Gasteiger partial charge on any atom is -0.320 e. The smallest absolute Gasteiger partial charge is 0.246 e. The number of carbonyl (C=O) groups is 2. The third-order valence-electron chi connectivity index (χ3n) is 2.78. The molecule has 2 amide bonds. The Bertz CT molecular complexity index is 462. The number of likely N-dealkylation sites (tertiary alicyclic amines) is 1. The van der Waals surface area contributed by atoms with Crippen molar-refractivity contribution >= 4 is 27.7 Å². The van der Waals surface area contributed by atoms with Crippen LogP contribution in [0.5, 0.6) is 0 Å². The van der Waals surface area contributed by atoms with Gasteiger partial charge in [-0.25, -0.2) is 0 Å². The summed E-state index contributed by atoms with van der Waals surface area (Å²) in [5.41, 5.74) is 6.57. The molecule has 2 N–H and O–H groups in total. The molecule has 1 aliphatic heterocycles. The predicted octanol–water partition coefficient (Wildman–Crippen LogP) is 1.43. The quantitative estimate of drug-likeness (QED) is 0.840. The van der Waals surface area contributed by atoms with Crippen LogP contribution in [0.25, 0.3) is 0 Å². The monoisotopic (exact) mass is 296 g/mol. The van der Waals surface area contributed by atoms with E-state index in [1.54, 1.807) is 0 Å². The molecule has 1 heterocycles. The summed E-state index contributed by atoms with van der Waals surface area (Å²) in [4.78, 5) is 24.7. The first-order valence-corrected chi connectivity index (χ1v) is 6.21. The first kappa shape index (κ1) is 12.3. The highest BCUT2D eigenvalue weighted by Crippen LogP contribution is 2.17. The van der Waals surface area contributed by atoms with Gasteiger partial charge in [0, 0.05) is 10.9 Å². The second-order valence-electron chi connectivity index (χ2n) is 4.09. The lowest BCUT2D eigenvalue weighted by atomic mass is 10.0. The fourth-order valence-electron chi connectivity index (χ4n) is 1.84. The number of rotatable bonds is 2. The van der Waals surface area contributed by atoms with Crippen LogP contribution in [-0.4, -0.2) is 22.8 Å². The summed E-state index contributed by atoms with van der Waals surface area (Å²) in [5, 5.41) is 0. The SMILES string of the molecule is NC1CCC(=O)N(Cc2cccc(Br)c2)C1=O. The van der Waals surface area contributed by atoms with Crippen molar-refractivity contribution in [3.05, 3.63) is 34.3 Å². The number of hydrogen-bond donors (Lipinski definition) is 1. The van der Waals surface area contributed by atoms with Gasteiger partial charge in [0.1, 0.15) is 0 Å². The van der Waals surface area contributed by atoms with Crippen molar-refractivity contribution in [1.29, 1.82) is 0 Å². The summed E-state index contributed by atoms with van der Waals surface area (Å²) < 4.78 is 0.927. The molecule has 0 radical (unpaired) electrons. The normalized spacial score (nSPS) is 20.8. The Balaban J connectivity index is 2.16. The molecule has 4 nitrogen and oxygen atoms in total. The number of benzene rings is 1. The minimum atomic E-state index is -0.542. The molecule has 2 rings (SSSR count). The van der Waals surface area contributed by atoms with Crippen LogP contribution >= 0.6 is 15.9 Å². The van der Waals surface area contributed by atoms with Crippen LogP contribution in [0.3, 0.4) is 0 Å². The fraction of sp³-hybridized carbons (Fsp3) is 0.333. The third-order valence-corrected chi connectivity index (χ3v) is 3.28. The Morgan fingerprint density at radius 1 is 1.41 bits per heavy atom. The van der Waals surface area contributed by atoms with Crippen LogP contribution in [0.4, 0.5) is 0 Å². The highest BCUT2D eigenvalue weighted by molar-refractivity contribution is 9.10. The van der Waals surface area contributed by atoms with E-state index in [9.17, 15) is 9.59 Å². The van der Waals surface area contributed by atoms with Crippen LogP contribution in [0.15, 0.2) is 28.7 Å². The largest absolute Gasteiger partial charge is 0.320 e. The maximum absolute atomic E-state index is 11.8. The van der Waals surface area contributed by atoms with Crippen molar-refractivity contribution in [2.75, 3.05) is 0 Å². The number of hydrogen-bond acceptors (Lipinski definition) is 3. The zero-order valence-corrected chi connectivity index (χ0v) is 10.8. The Kier molecular flexibility index (Phi) is 3.59. The van der Waals surface area contributed by atoms with Crippen molar-refractivity contribution < 1.29 is 9.59 Å². The van der Waals surface area contributed by atoms with Crippen LogP contribution in [-0.2, 0) is 16.1 Å². The molecule has 0 aromatic heterocycles. The van der Waals surface area contributed by atoms with Gasteiger partial charge in [-0.3, -0.25) is 14.5 Å². The maximum Gasteiger partial charge on any atom is 0.246 e. The summed E-state index contributed by atoms with van der Waals surface area (Å²) in [6, 6.07) is 7.00. The predicted molar refractivity (Wildman–Crippen MR) is 66.9 cm³/mol. The molecule has 17 heavy (non-hydrogen) atoms. The molecule has 0 bridgehead atoms. The van der Waals surface area contributed by atoms with Gasteiger partial charge in [0.25, 0.3) is 0 Å². The molecule has 0 aliphatic carbocycles. The first-order valence-electron chi connectivity index (χ1n) is 5.42. The van der Waals surface area contributed by atoms with Gasteiger partial charge >= 0.3 is 0 Å². The number of piperidine rings is 1. The molecule has 1 aromatic carbocycles. The van der Waals surface area contributed by atoms with Gasteiger partial charge in [-0.15, -0.1) is 0 Å². The zero-order chi connectivity index (χ0) is 12.4. The molecule has 1 fully saturated rings. The molecular formula is C12H13BrN2O2. The van der Waals surface area contributed by atoms with Crippen LogP contribution in [0.2, 0.25) is 0 Å². The molecule has 0 saturated carbocycles. The Morgan fingerprint density at radius 2 is 2.18 bits per heavy atom. The Morgan fingerprint density at radius 3 is 2.88 bits per heavy atom. The van der Waals surface area contributed by atoms with Crippen molar-refractivity contribution in [3.8, 4) is 0 Å². The Labute approximate surface area is 108 Å². The molecule has 1 unspecified atom stereocenters. The van der Waals surface area contributed by atoms with Gasteiger partial charge in [0.2, 0.25) is 11.8 Å². The standard InChI is InChI=1S/C12H13BrN2O2/c13-9-3-1-2-8(6-9)7-15-11(16)5-4-10(14)12(15)17/h1-3,6,10H,4-5,7,14H2. The van der Waals surface area contributed by atoms with Crippen LogP contribution in [0, 0.1) is 0 Å². The summed E-state index contributed by atoms with van der Waals surface area (Å²) >= 11 is 3.36.